The molecule has 1 aliphatic rings. The molecule has 0 saturated carbocycles. The topological polar surface area (TPSA) is 55.0 Å². The van der Waals surface area contributed by atoms with Gasteiger partial charge in [0.1, 0.15) is 5.82 Å². The quantitative estimate of drug-likeness (QED) is 0.760. The second kappa shape index (κ2) is 4.37. The molecule has 2 heterocycles. The minimum atomic E-state index is -0.0918. The van der Waals surface area contributed by atoms with Crippen LogP contribution in [0.5, 0.6) is 0 Å². The van der Waals surface area contributed by atoms with Crippen molar-refractivity contribution >= 4 is 0 Å². The van der Waals surface area contributed by atoms with Crippen LogP contribution in [-0.4, -0.2) is 22.7 Å². The third-order valence-corrected chi connectivity index (χ3v) is 2.42. The number of aromatic nitrogens is 2. The third-order valence-electron chi connectivity index (χ3n) is 2.42. The first kappa shape index (κ1) is 9.40. The number of nitrogens with one attached hydrogen (secondary N) is 1. The van der Waals surface area contributed by atoms with E-state index in [1.807, 2.05) is 0 Å². The van der Waals surface area contributed by atoms with Crippen molar-refractivity contribution in [3.8, 4) is 0 Å². The largest absolute Gasteiger partial charge is 0.378 e. The van der Waals surface area contributed by atoms with Crippen LogP contribution in [0.25, 0.3) is 0 Å². The molecule has 1 N–H and O–H groups in total. The number of hydrogen-bond acceptors (Lipinski definition) is 3. The average molecular weight is 194 g/mol. The summed E-state index contributed by atoms with van der Waals surface area (Å²) in [5, 5.41) is 0. The Morgan fingerprint density at radius 1 is 1.57 bits per heavy atom. The van der Waals surface area contributed by atoms with E-state index in [1.54, 1.807) is 0 Å². The molecule has 1 aromatic rings. The number of hydrogen-bond donors (Lipinski definition) is 1. The number of ether oxygens (including phenoxy) is 1. The summed E-state index contributed by atoms with van der Waals surface area (Å²) in [6.45, 7) is 0.835. The van der Waals surface area contributed by atoms with Crippen LogP contribution in [0.15, 0.2) is 17.1 Å². The first-order valence-corrected chi connectivity index (χ1v) is 5.00. The molecule has 4 heteroatoms. The number of rotatable bonds is 2. The van der Waals surface area contributed by atoms with Crippen LogP contribution in [0.1, 0.15) is 25.1 Å². The lowest BCUT2D eigenvalue weighted by molar-refractivity contribution is 0.0156. The number of H-pyrrole nitrogens is 1. The highest BCUT2D eigenvalue weighted by Crippen LogP contribution is 2.14. The van der Waals surface area contributed by atoms with Crippen LogP contribution < -0.4 is 5.56 Å². The van der Waals surface area contributed by atoms with Gasteiger partial charge in [0.05, 0.1) is 6.10 Å². The zero-order chi connectivity index (χ0) is 9.80. The smallest absolute Gasteiger partial charge is 0.250 e. The minimum Gasteiger partial charge on any atom is -0.378 e. The molecule has 1 saturated heterocycles. The Labute approximate surface area is 82.3 Å². The average Bonchev–Trinajstić information content (AvgIpc) is 2.19. The van der Waals surface area contributed by atoms with Gasteiger partial charge in [-0.1, -0.05) is 0 Å². The zero-order valence-corrected chi connectivity index (χ0v) is 8.03. The lowest BCUT2D eigenvalue weighted by Gasteiger charge is -2.21. The fraction of sp³-hybridized carbons (Fsp3) is 0.600. The molecule has 14 heavy (non-hydrogen) atoms. The van der Waals surface area contributed by atoms with Gasteiger partial charge in [-0.15, -0.1) is 0 Å². The molecule has 0 bridgehead atoms. The van der Waals surface area contributed by atoms with Crippen molar-refractivity contribution in [1.29, 1.82) is 0 Å². The highest BCUT2D eigenvalue weighted by molar-refractivity contribution is 4.91. The van der Waals surface area contributed by atoms with Gasteiger partial charge in [-0.3, -0.25) is 4.79 Å². The molecule has 1 atom stereocenters. The molecule has 0 spiro atoms. The Morgan fingerprint density at radius 2 is 2.50 bits per heavy atom. The lowest BCUT2D eigenvalue weighted by Crippen LogP contribution is -2.23. The fourth-order valence-electron chi connectivity index (χ4n) is 1.70. The summed E-state index contributed by atoms with van der Waals surface area (Å²) >= 11 is 0. The molecule has 76 valence electrons. The molecule has 1 fully saturated rings. The Hall–Kier alpha value is -1.16. The Morgan fingerprint density at radius 3 is 3.21 bits per heavy atom. The van der Waals surface area contributed by atoms with Gasteiger partial charge >= 0.3 is 0 Å². The Kier molecular flexibility index (Phi) is 2.93. The van der Waals surface area contributed by atoms with Gasteiger partial charge in [-0.2, -0.15) is 0 Å². The van der Waals surface area contributed by atoms with Crippen LogP contribution in [-0.2, 0) is 11.2 Å². The van der Waals surface area contributed by atoms with Crippen LogP contribution in [0, 0.1) is 0 Å². The van der Waals surface area contributed by atoms with E-state index in [1.165, 1.54) is 18.7 Å². The van der Waals surface area contributed by atoms with Gasteiger partial charge < -0.3 is 9.72 Å². The number of aromatic amines is 1. The van der Waals surface area contributed by atoms with Crippen LogP contribution in [0.4, 0.5) is 0 Å². The molecule has 2 rings (SSSR count). The molecule has 1 aromatic heterocycles. The standard InChI is InChI=1S/C10H14N2O2/c13-10-4-5-11-9(12-10)7-8-3-1-2-6-14-8/h4-5,8H,1-3,6-7H2,(H,11,12,13). The predicted octanol–water partition coefficient (Wildman–Crippen LogP) is 0.881. The van der Waals surface area contributed by atoms with E-state index in [0.29, 0.717) is 0 Å². The van der Waals surface area contributed by atoms with Crippen molar-refractivity contribution in [1.82, 2.24) is 9.97 Å². The van der Waals surface area contributed by atoms with Crippen molar-refractivity contribution in [2.45, 2.75) is 31.8 Å². The second-order valence-corrected chi connectivity index (χ2v) is 3.57. The first-order chi connectivity index (χ1) is 6.84. The molecule has 4 nitrogen and oxygen atoms in total. The summed E-state index contributed by atoms with van der Waals surface area (Å²) in [6, 6.07) is 1.42. The predicted molar refractivity (Wildman–Crippen MR) is 52.2 cm³/mol. The Bertz CT molecular complexity index is 342. The van der Waals surface area contributed by atoms with Crippen LogP contribution in [0.3, 0.4) is 0 Å². The highest BCUT2D eigenvalue weighted by atomic mass is 16.5. The first-order valence-electron chi connectivity index (χ1n) is 5.00. The molecular formula is C10H14N2O2. The summed E-state index contributed by atoms with van der Waals surface area (Å²) in [7, 11) is 0. The number of nitrogens with zero attached hydrogens (tertiary/aromatic N) is 1. The van der Waals surface area contributed by atoms with Crippen molar-refractivity contribution in [2.24, 2.45) is 0 Å². The molecule has 0 radical (unpaired) electrons. The summed E-state index contributed by atoms with van der Waals surface area (Å²) in [6.07, 6.45) is 5.91. The fourth-order valence-corrected chi connectivity index (χ4v) is 1.70. The molecular weight excluding hydrogens is 180 g/mol. The molecule has 0 aliphatic carbocycles. The maximum absolute atomic E-state index is 11.0. The summed E-state index contributed by atoms with van der Waals surface area (Å²) in [4.78, 5) is 17.8. The van der Waals surface area contributed by atoms with E-state index in [-0.39, 0.29) is 11.7 Å². The van der Waals surface area contributed by atoms with E-state index >= 15 is 0 Å². The van der Waals surface area contributed by atoms with Crippen LogP contribution in [0.2, 0.25) is 0 Å². The van der Waals surface area contributed by atoms with E-state index < -0.39 is 0 Å². The van der Waals surface area contributed by atoms with E-state index in [9.17, 15) is 4.79 Å². The van der Waals surface area contributed by atoms with Crippen molar-refractivity contribution < 1.29 is 4.74 Å². The lowest BCUT2D eigenvalue weighted by atomic mass is 10.1. The normalized spacial score (nSPS) is 22.1. The van der Waals surface area contributed by atoms with Gasteiger partial charge in [0.2, 0.25) is 0 Å². The van der Waals surface area contributed by atoms with Crippen molar-refractivity contribution in [3.63, 3.8) is 0 Å². The van der Waals surface area contributed by atoms with E-state index in [0.717, 1.165) is 31.7 Å². The minimum absolute atomic E-state index is 0.0918. The maximum Gasteiger partial charge on any atom is 0.250 e. The van der Waals surface area contributed by atoms with Crippen molar-refractivity contribution in [2.75, 3.05) is 6.61 Å². The molecule has 1 unspecified atom stereocenters. The van der Waals surface area contributed by atoms with Gasteiger partial charge in [0.25, 0.3) is 5.56 Å². The van der Waals surface area contributed by atoms with E-state index in [4.69, 9.17) is 4.74 Å². The third kappa shape index (κ3) is 2.42. The van der Waals surface area contributed by atoms with E-state index in [2.05, 4.69) is 9.97 Å². The summed E-state index contributed by atoms with van der Waals surface area (Å²) < 4.78 is 5.56. The molecule has 0 aromatic carbocycles. The zero-order valence-electron chi connectivity index (χ0n) is 8.03. The highest BCUT2D eigenvalue weighted by Gasteiger charge is 2.14. The Balaban J connectivity index is 1.99. The monoisotopic (exact) mass is 194 g/mol. The van der Waals surface area contributed by atoms with Crippen LogP contribution >= 0.6 is 0 Å². The van der Waals surface area contributed by atoms with Gasteiger partial charge in [-0.25, -0.2) is 4.98 Å². The molecule has 1 aliphatic heterocycles. The SMILES string of the molecule is O=c1ccnc(CC2CCCCO2)[nH]1. The van der Waals surface area contributed by atoms with Crippen molar-refractivity contribution in [3.05, 3.63) is 28.4 Å². The summed E-state index contributed by atoms with van der Waals surface area (Å²) in [5.41, 5.74) is -0.0918. The van der Waals surface area contributed by atoms with Gasteiger partial charge in [0, 0.05) is 25.3 Å². The van der Waals surface area contributed by atoms with Gasteiger partial charge in [-0.05, 0) is 19.3 Å². The second-order valence-electron chi connectivity index (χ2n) is 3.57. The van der Waals surface area contributed by atoms with Gasteiger partial charge in [0.15, 0.2) is 0 Å². The summed E-state index contributed by atoms with van der Waals surface area (Å²) in [5.74, 6) is 0.726. The maximum atomic E-state index is 11.0. The molecule has 0 amide bonds.